The quantitative estimate of drug-likeness (QED) is 0.537. The van der Waals surface area contributed by atoms with Crippen LogP contribution in [0.4, 0.5) is 0 Å². The number of nitrogens with zero attached hydrogens (tertiary/aromatic N) is 1. The molecular weight excluding hydrogens is 165 g/mol. The Morgan fingerprint density at radius 3 is 1.38 bits per heavy atom. The molecule has 0 aliphatic heterocycles. The van der Waals surface area contributed by atoms with Crippen molar-refractivity contribution in [2.75, 3.05) is 20.4 Å². The van der Waals surface area contributed by atoms with E-state index < -0.39 is 10.0 Å². The summed E-state index contributed by atoms with van der Waals surface area (Å²) in [5, 5.41) is 0. The third kappa shape index (κ3) is 4.65. The minimum Gasteiger partial charge on any atom is -0.213 e. The Kier molecular flexibility index (Phi) is 4.96. The molecule has 0 saturated carbocycles. The van der Waals surface area contributed by atoms with Crippen LogP contribution in [0, 0.1) is 0 Å². The Bertz CT molecular complexity index is 139. The summed E-state index contributed by atoms with van der Waals surface area (Å²) in [6, 6.07) is 0. The van der Waals surface area contributed by atoms with Crippen LogP contribution < -0.4 is 0 Å². The molecule has 0 saturated heterocycles. The molecule has 0 heterocycles. The second kappa shape index (κ2) is 3.51. The predicted octanol–water partition coefficient (Wildman–Crippen LogP) is -0.495. The van der Waals surface area contributed by atoms with Gasteiger partial charge in [0.05, 0.1) is 6.26 Å². The fourth-order valence-electron chi connectivity index (χ4n) is 0. The maximum absolute atomic E-state index is 10.3. The van der Waals surface area contributed by atoms with Crippen LogP contribution in [0.1, 0.15) is 0 Å². The minimum absolute atomic E-state index is 0. The van der Waals surface area contributed by atoms with E-state index in [4.69, 9.17) is 0 Å². The normalized spacial score (nSPS) is 11.0. The molecule has 0 amide bonds. The van der Waals surface area contributed by atoms with E-state index in [9.17, 15) is 8.42 Å². The van der Waals surface area contributed by atoms with Crippen LogP contribution in [0.25, 0.3) is 0 Å². The van der Waals surface area contributed by atoms with Crippen molar-refractivity contribution in [2.45, 2.75) is 0 Å². The van der Waals surface area contributed by atoms with Gasteiger partial charge in [-0.15, -0.1) is 0 Å². The molecule has 0 rings (SSSR count). The first-order valence-corrected chi connectivity index (χ1v) is 3.67. The van der Waals surface area contributed by atoms with Gasteiger partial charge < -0.3 is 0 Å². The van der Waals surface area contributed by atoms with Crippen LogP contribution in [-0.2, 0) is 28.6 Å². The fraction of sp³-hybridized carbons (Fsp3) is 1.00. The maximum atomic E-state index is 10.3. The molecule has 0 atom stereocenters. The first-order valence-electron chi connectivity index (χ1n) is 1.82. The largest absolute Gasteiger partial charge is 0.213 e. The van der Waals surface area contributed by atoms with E-state index in [0.29, 0.717) is 0 Å². The van der Waals surface area contributed by atoms with E-state index >= 15 is 0 Å². The SMILES string of the molecule is CN(C)S(C)(=O)=O.[V]. The fourth-order valence-corrected chi connectivity index (χ4v) is 0. The van der Waals surface area contributed by atoms with Gasteiger partial charge in [0.1, 0.15) is 0 Å². The average molecular weight is 174 g/mol. The molecule has 0 aromatic heterocycles. The number of rotatable bonds is 1. The van der Waals surface area contributed by atoms with Gasteiger partial charge in [0, 0.05) is 32.7 Å². The van der Waals surface area contributed by atoms with Gasteiger partial charge >= 0.3 is 0 Å². The van der Waals surface area contributed by atoms with E-state index in [1.54, 1.807) is 0 Å². The number of hydrogen-bond donors (Lipinski definition) is 0. The third-order valence-corrected chi connectivity index (χ3v) is 1.99. The van der Waals surface area contributed by atoms with Crippen molar-refractivity contribution < 1.29 is 27.0 Å². The summed E-state index contributed by atoms with van der Waals surface area (Å²) in [5.74, 6) is 0. The van der Waals surface area contributed by atoms with Crippen molar-refractivity contribution in [3.05, 3.63) is 0 Å². The zero-order valence-electron chi connectivity index (χ0n) is 5.12. The summed E-state index contributed by atoms with van der Waals surface area (Å²) in [4.78, 5) is 0. The Balaban J connectivity index is 0. The summed E-state index contributed by atoms with van der Waals surface area (Å²) < 4.78 is 21.7. The molecule has 8 heavy (non-hydrogen) atoms. The van der Waals surface area contributed by atoms with Crippen LogP contribution >= 0.6 is 0 Å². The summed E-state index contributed by atoms with van der Waals surface area (Å²) in [7, 11) is 0.0833. The van der Waals surface area contributed by atoms with Gasteiger partial charge in [0.25, 0.3) is 0 Å². The summed E-state index contributed by atoms with van der Waals surface area (Å²) in [6.07, 6.45) is 1.16. The molecule has 1 radical (unpaired) electrons. The Hall–Kier alpha value is 0.494. The molecule has 5 heteroatoms. The second-order valence-corrected chi connectivity index (χ2v) is 3.74. The molecule has 0 spiro atoms. The molecule has 0 bridgehead atoms. The van der Waals surface area contributed by atoms with Gasteiger partial charge in [-0.1, -0.05) is 0 Å². The van der Waals surface area contributed by atoms with Gasteiger partial charge in [-0.3, -0.25) is 0 Å². The summed E-state index contributed by atoms with van der Waals surface area (Å²) in [6.45, 7) is 0. The first kappa shape index (κ1) is 11.3. The van der Waals surface area contributed by atoms with Crippen LogP contribution in [-0.4, -0.2) is 33.1 Å². The smallest absolute Gasteiger partial charge is 0.210 e. The summed E-state index contributed by atoms with van der Waals surface area (Å²) >= 11 is 0. The molecule has 0 aliphatic rings. The second-order valence-electron chi connectivity index (χ2n) is 1.55. The molecule has 0 aromatic rings. The van der Waals surface area contributed by atoms with Gasteiger partial charge in [-0.25, -0.2) is 12.7 Å². The Labute approximate surface area is 62.0 Å². The van der Waals surface area contributed by atoms with Crippen molar-refractivity contribution in [3.8, 4) is 0 Å². The van der Waals surface area contributed by atoms with Crippen molar-refractivity contribution in [1.29, 1.82) is 0 Å². The molecule has 0 unspecified atom stereocenters. The van der Waals surface area contributed by atoms with Gasteiger partial charge in [-0.2, -0.15) is 0 Å². The summed E-state index contributed by atoms with van der Waals surface area (Å²) in [5.41, 5.74) is 0. The van der Waals surface area contributed by atoms with Crippen molar-refractivity contribution in [1.82, 2.24) is 4.31 Å². The molecule has 0 aromatic carbocycles. The molecule has 3 nitrogen and oxygen atoms in total. The zero-order valence-corrected chi connectivity index (χ0v) is 7.33. The van der Waals surface area contributed by atoms with Crippen molar-refractivity contribution in [3.63, 3.8) is 0 Å². The zero-order chi connectivity index (χ0) is 6.08. The van der Waals surface area contributed by atoms with Gasteiger partial charge in [0.15, 0.2) is 0 Å². The molecule has 0 N–H and O–H groups in total. The van der Waals surface area contributed by atoms with E-state index in [-0.39, 0.29) is 18.6 Å². The van der Waals surface area contributed by atoms with E-state index in [2.05, 4.69) is 0 Å². The third-order valence-electron chi connectivity index (χ3n) is 0.663. The van der Waals surface area contributed by atoms with Crippen LogP contribution in [0.2, 0.25) is 0 Å². The molecule has 49 valence electrons. The maximum Gasteiger partial charge on any atom is 0.210 e. The van der Waals surface area contributed by atoms with Gasteiger partial charge in [0.2, 0.25) is 10.0 Å². The monoisotopic (exact) mass is 174 g/mol. The standard InChI is InChI=1S/C3H9NO2S.V/c1-4(2)7(3,5)6;/h1-3H3;. The van der Waals surface area contributed by atoms with Crippen molar-refractivity contribution in [2.24, 2.45) is 0 Å². The number of sulfonamides is 1. The van der Waals surface area contributed by atoms with E-state index in [1.807, 2.05) is 0 Å². The Morgan fingerprint density at radius 1 is 1.25 bits per heavy atom. The van der Waals surface area contributed by atoms with Crippen molar-refractivity contribution >= 4 is 10.0 Å². The van der Waals surface area contributed by atoms with E-state index in [0.717, 1.165) is 10.6 Å². The van der Waals surface area contributed by atoms with E-state index in [1.165, 1.54) is 14.1 Å². The van der Waals surface area contributed by atoms with Crippen LogP contribution in [0.5, 0.6) is 0 Å². The first-order chi connectivity index (χ1) is 2.94. The van der Waals surface area contributed by atoms with Gasteiger partial charge in [-0.05, 0) is 0 Å². The minimum atomic E-state index is -2.91. The molecule has 0 fully saturated rings. The molecular formula is C3H9NO2SV. The number of hydrogen-bond acceptors (Lipinski definition) is 2. The molecule has 0 aliphatic carbocycles. The average Bonchev–Trinajstić information content (AvgIpc) is 1.31. The topological polar surface area (TPSA) is 37.4 Å². The predicted molar refractivity (Wildman–Crippen MR) is 28.5 cm³/mol. The Morgan fingerprint density at radius 2 is 1.38 bits per heavy atom. The van der Waals surface area contributed by atoms with Crippen LogP contribution in [0.15, 0.2) is 0 Å². The van der Waals surface area contributed by atoms with Crippen LogP contribution in [0.3, 0.4) is 0 Å².